The molecule has 8 heteroatoms. The van der Waals surface area contributed by atoms with E-state index in [1.54, 1.807) is 16.7 Å². The summed E-state index contributed by atoms with van der Waals surface area (Å²) in [5.74, 6) is 1.31. The second kappa shape index (κ2) is 7.82. The number of nitrogens with zero attached hydrogens (tertiary/aromatic N) is 3. The predicted molar refractivity (Wildman–Crippen MR) is 125 cm³/mol. The van der Waals surface area contributed by atoms with Crippen LogP contribution in [0.5, 0.6) is 0 Å². The summed E-state index contributed by atoms with van der Waals surface area (Å²) >= 11 is 0. The van der Waals surface area contributed by atoms with Gasteiger partial charge in [0.1, 0.15) is 11.3 Å². The van der Waals surface area contributed by atoms with Gasteiger partial charge in [-0.05, 0) is 79.9 Å². The van der Waals surface area contributed by atoms with Crippen molar-refractivity contribution in [3.05, 3.63) is 70.0 Å². The van der Waals surface area contributed by atoms with Crippen molar-refractivity contribution < 1.29 is 14.7 Å². The third kappa shape index (κ3) is 3.71. The van der Waals surface area contributed by atoms with Gasteiger partial charge in [0.2, 0.25) is 0 Å². The number of carbonyl (C=O) groups excluding carboxylic acids is 1. The zero-order chi connectivity index (χ0) is 23.4. The van der Waals surface area contributed by atoms with E-state index < -0.39 is 5.97 Å². The van der Waals surface area contributed by atoms with Gasteiger partial charge < -0.3 is 15.0 Å². The van der Waals surface area contributed by atoms with Gasteiger partial charge in [0.25, 0.3) is 11.5 Å². The van der Waals surface area contributed by atoms with Crippen molar-refractivity contribution in [1.82, 2.24) is 19.3 Å². The normalized spacial score (nSPS) is 27.2. The van der Waals surface area contributed by atoms with Crippen LogP contribution in [0.3, 0.4) is 0 Å². The van der Waals surface area contributed by atoms with Crippen LogP contribution in [0, 0.1) is 23.2 Å². The lowest BCUT2D eigenvalue weighted by Crippen LogP contribution is -2.51. The number of nitrogens with one attached hydrogen (secondary N) is 1. The number of fused-ring (bicyclic) bond motifs is 1. The van der Waals surface area contributed by atoms with Gasteiger partial charge in [0.05, 0.1) is 17.8 Å². The Bertz CT molecular complexity index is 1320. The molecule has 4 aliphatic rings. The Morgan fingerprint density at radius 3 is 2.41 bits per heavy atom. The zero-order valence-electron chi connectivity index (χ0n) is 18.9. The highest BCUT2D eigenvalue weighted by molar-refractivity contribution is 5.93. The third-order valence-corrected chi connectivity index (χ3v) is 8.13. The lowest BCUT2D eigenvalue weighted by molar-refractivity contribution is -0.0503. The maximum Gasteiger partial charge on any atom is 0.337 e. The molecule has 4 fully saturated rings. The van der Waals surface area contributed by atoms with E-state index in [0.717, 1.165) is 24.3 Å². The standard InChI is InChI=1S/C26H28N4O4/c31-23-5-4-19(25(33)34)12-29(23)13-20-14-30-21(2-1-3-22(30)28-20)24(32)27-15-26-9-16-6-17(10-26)8-18(7-16)11-26/h1-5,12,14,16-18H,6-11,13,15H2,(H,27,32)(H,33,34). The number of pyridine rings is 2. The number of amides is 1. The van der Waals surface area contributed by atoms with Gasteiger partial charge in [-0.15, -0.1) is 0 Å². The molecule has 1 amide bonds. The van der Waals surface area contributed by atoms with Crippen LogP contribution >= 0.6 is 0 Å². The van der Waals surface area contributed by atoms with Gasteiger partial charge in [-0.1, -0.05) is 6.07 Å². The molecule has 0 aliphatic heterocycles. The Morgan fingerprint density at radius 2 is 1.74 bits per heavy atom. The van der Waals surface area contributed by atoms with Crippen LogP contribution in [-0.2, 0) is 6.54 Å². The van der Waals surface area contributed by atoms with Crippen molar-refractivity contribution in [2.75, 3.05) is 6.54 Å². The molecule has 0 spiro atoms. The van der Waals surface area contributed by atoms with Crippen LogP contribution < -0.4 is 10.9 Å². The number of aromatic carboxylic acids is 1. The second-order valence-electron chi connectivity index (χ2n) is 10.7. The molecule has 2 N–H and O–H groups in total. The van der Waals surface area contributed by atoms with Crippen molar-refractivity contribution >= 4 is 17.5 Å². The number of carbonyl (C=O) groups is 2. The summed E-state index contributed by atoms with van der Waals surface area (Å²) < 4.78 is 3.06. The minimum Gasteiger partial charge on any atom is -0.478 e. The molecule has 3 aromatic rings. The average Bonchev–Trinajstić information content (AvgIpc) is 3.20. The van der Waals surface area contributed by atoms with E-state index in [0.29, 0.717) is 17.0 Å². The summed E-state index contributed by atoms with van der Waals surface area (Å²) in [6.07, 6.45) is 10.9. The molecule has 0 saturated heterocycles. The molecule has 176 valence electrons. The Hall–Kier alpha value is -3.42. The molecule has 4 bridgehead atoms. The number of carboxylic acids is 1. The van der Waals surface area contributed by atoms with Crippen molar-refractivity contribution in [2.45, 2.75) is 45.1 Å². The first kappa shape index (κ1) is 21.1. The van der Waals surface area contributed by atoms with E-state index in [2.05, 4.69) is 10.3 Å². The fourth-order valence-electron chi connectivity index (χ4n) is 7.14. The minimum absolute atomic E-state index is 0.0353. The zero-order valence-corrected chi connectivity index (χ0v) is 18.9. The van der Waals surface area contributed by atoms with Crippen LogP contribution in [-0.4, -0.2) is 37.5 Å². The van der Waals surface area contributed by atoms with Crippen LogP contribution in [0.25, 0.3) is 5.65 Å². The summed E-state index contributed by atoms with van der Waals surface area (Å²) in [5, 5.41) is 12.4. The monoisotopic (exact) mass is 460 g/mol. The van der Waals surface area contributed by atoms with Gasteiger partial charge in [-0.3, -0.25) is 14.0 Å². The molecule has 7 rings (SSSR count). The van der Waals surface area contributed by atoms with E-state index in [1.165, 1.54) is 61.4 Å². The van der Waals surface area contributed by atoms with Gasteiger partial charge in [0, 0.05) is 25.0 Å². The van der Waals surface area contributed by atoms with Crippen LogP contribution in [0.2, 0.25) is 0 Å². The Kier molecular flexibility index (Phi) is 4.86. The van der Waals surface area contributed by atoms with Crippen molar-refractivity contribution in [2.24, 2.45) is 23.2 Å². The highest BCUT2D eigenvalue weighted by atomic mass is 16.4. The van der Waals surface area contributed by atoms with Gasteiger partial charge in [-0.2, -0.15) is 0 Å². The molecular weight excluding hydrogens is 432 g/mol. The van der Waals surface area contributed by atoms with Crippen LogP contribution in [0.15, 0.2) is 47.5 Å². The minimum atomic E-state index is -1.10. The molecule has 0 unspecified atom stereocenters. The Morgan fingerprint density at radius 1 is 1.03 bits per heavy atom. The SMILES string of the molecule is O=C(O)c1ccc(=O)n(Cc2cn3c(C(=O)NCC45CC6CC(CC(C6)C4)C5)cccc3n2)c1. The first-order valence-electron chi connectivity index (χ1n) is 12.1. The summed E-state index contributed by atoms with van der Waals surface area (Å²) in [7, 11) is 0. The highest BCUT2D eigenvalue weighted by Crippen LogP contribution is 2.59. The first-order chi connectivity index (χ1) is 16.4. The smallest absolute Gasteiger partial charge is 0.337 e. The van der Waals surface area contributed by atoms with Gasteiger partial charge in [-0.25, -0.2) is 9.78 Å². The first-order valence-corrected chi connectivity index (χ1v) is 12.1. The number of rotatable bonds is 6. The molecule has 0 aromatic carbocycles. The molecule has 4 aliphatic carbocycles. The lowest BCUT2D eigenvalue weighted by Gasteiger charge is -2.56. The van der Waals surface area contributed by atoms with E-state index in [-0.39, 0.29) is 29.0 Å². The molecule has 34 heavy (non-hydrogen) atoms. The van der Waals surface area contributed by atoms with Crippen LogP contribution in [0.1, 0.15) is 65.1 Å². The molecule has 3 heterocycles. The fourth-order valence-corrected chi connectivity index (χ4v) is 7.14. The molecular formula is C26H28N4O4. The van der Waals surface area contributed by atoms with Crippen molar-refractivity contribution in [3.63, 3.8) is 0 Å². The number of aromatic nitrogens is 3. The molecule has 4 saturated carbocycles. The number of imidazole rings is 1. The maximum atomic E-state index is 13.2. The van der Waals surface area contributed by atoms with Crippen molar-refractivity contribution in [3.8, 4) is 0 Å². The third-order valence-electron chi connectivity index (χ3n) is 8.13. The van der Waals surface area contributed by atoms with E-state index >= 15 is 0 Å². The Balaban J connectivity index is 1.22. The molecule has 8 nitrogen and oxygen atoms in total. The maximum absolute atomic E-state index is 13.2. The predicted octanol–water partition coefficient (Wildman–Crippen LogP) is 3.19. The lowest BCUT2D eigenvalue weighted by atomic mass is 9.49. The Labute approximate surface area is 196 Å². The van der Waals surface area contributed by atoms with Gasteiger partial charge in [0.15, 0.2) is 0 Å². The highest BCUT2D eigenvalue weighted by Gasteiger charge is 2.50. The number of hydrogen-bond donors (Lipinski definition) is 2. The summed E-state index contributed by atoms with van der Waals surface area (Å²) in [6, 6.07) is 7.93. The summed E-state index contributed by atoms with van der Waals surface area (Å²) in [4.78, 5) is 41.2. The molecule has 0 radical (unpaired) electrons. The van der Waals surface area contributed by atoms with Crippen LogP contribution in [0.4, 0.5) is 0 Å². The number of carboxylic acid groups (broad SMARTS) is 1. The molecule has 3 aromatic heterocycles. The number of hydrogen-bond acceptors (Lipinski definition) is 4. The summed E-state index contributed by atoms with van der Waals surface area (Å²) in [6.45, 7) is 0.848. The average molecular weight is 461 g/mol. The fraction of sp³-hybridized carbons (Fsp3) is 0.462. The largest absolute Gasteiger partial charge is 0.478 e. The van der Waals surface area contributed by atoms with E-state index in [9.17, 15) is 19.5 Å². The topological polar surface area (TPSA) is 106 Å². The van der Waals surface area contributed by atoms with E-state index in [4.69, 9.17) is 0 Å². The van der Waals surface area contributed by atoms with Crippen molar-refractivity contribution in [1.29, 1.82) is 0 Å². The second-order valence-corrected chi connectivity index (χ2v) is 10.7. The van der Waals surface area contributed by atoms with Gasteiger partial charge >= 0.3 is 5.97 Å². The summed E-state index contributed by atoms with van der Waals surface area (Å²) in [5.41, 5.74) is 1.68. The quantitative estimate of drug-likeness (QED) is 0.588. The van der Waals surface area contributed by atoms with E-state index in [1.807, 2.05) is 12.1 Å². The molecule has 0 atom stereocenters.